The van der Waals surface area contributed by atoms with Gasteiger partial charge in [0, 0.05) is 20.8 Å². The van der Waals surface area contributed by atoms with Crippen LogP contribution in [0.25, 0.3) is 0 Å². The Morgan fingerprint density at radius 3 is 2.17 bits per heavy atom. The fraction of sp³-hybridized carbons (Fsp3) is 0.900. The molecule has 1 amide bonds. The highest BCUT2D eigenvalue weighted by molar-refractivity contribution is 6.70. The maximum absolute atomic E-state index is 11.0. The molecule has 108 valence electrons. The minimum Gasteiger partial charge on any atom is -0.453 e. The minimum atomic E-state index is -1.86. The molecule has 1 atom stereocenters. The van der Waals surface area contributed by atoms with E-state index >= 15 is 0 Å². The van der Waals surface area contributed by atoms with E-state index in [1.807, 2.05) is 0 Å². The highest BCUT2D eigenvalue weighted by Gasteiger charge is 2.30. The Kier molecular flexibility index (Phi) is 8.45. The summed E-state index contributed by atoms with van der Waals surface area (Å²) in [4.78, 5) is 11.0. The number of ether oxygens (including phenoxy) is 1. The number of amides is 1. The van der Waals surface area contributed by atoms with Crippen molar-refractivity contribution in [2.75, 3.05) is 27.9 Å². The van der Waals surface area contributed by atoms with Crippen molar-refractivity contribution in [1.82, 2.24) is 5.32 Å². The predicted octanol–water partition coefficient (Wildman–Crippen LogP) is 1.01. The summed E-state index contributed by atoms with van der Waals surface area (Å²) in [5.41, 5.74) is -0.0659. The predicted molar refractivity (Wildman–Crippen MR) is 74.4 cm³/mol. The van der Waals surface area contributed by atoms with Gasteiger partial charge in [-0.15, -0.1) is 0 Å². The lowest BCUT2D eigenvalue weighted by Crippen LogP contribution is -2.45. The average molecular weight is 295 g/mol. The number of rotatable bonds is 8. The summed E-state index contributed by atoms with van der Waals surface area (Å²) in [6.45, 7) is 6.83. The van der Waals surface area contributed by atoms with Gasteiger partial charge in [-0.25, -0.2) is 4.79 Å². The number of alkyl carbamates (subject to hydrolysis) is 1. The Morgan fingerprint density at radius 2 is 1.78 bits per heavy atom. The lowest BCUT2D eigenvalue weighted by molar-refractivity contribution is 0.159. The molecule has 0 aliphatic carbocycles. The molecule has 0 aromatic heterocycles. The molecule has 0 aromatic rings. The molecule has 0 rings (SSSR count). The van der Waals surface area contributed by atoms with E-state index in [4.69, 9.17) is 13.3 Å². The molecule has 0 spiro atoms. The topological polar surface area (TPSA) is 66.0 Å². The van der Waals surface area contributed by atoms with Crippen molar-refractivity contribution in [3.8, 4) is 0 Å². The molecule has 1 unspecified atom stereocenters. The SMILES string of the molecule is COC(=O)NCCC(O[Si](C)(C)C)[SiH](OC)OC. The smallest absolute Gasteiger partial charge is 0.406 e. The molecule has 0 radical (unpaired) electrons. The van der Waals surface area contributed by atoms with Crippen LogP contribution in [0.2, 0.25) is 19.6 Å². The minimum absolute atomic E-state index is 0.0659. The Morgan fingerprint density at radius 1 is 1.22 bits per heavy atom. The third-order valence-electron chi connectivity index (χ3n) is 2.16. The Labute approximate surface area is 112 Å². The van der Waals surface area contributed by atoms with E-state index in [1.165, 1.54) is 7.11 Å². The van der Waals surface area contributed by atoms with E-state index in [0.717, 1.165) is 0 Å². The number of hydrogen-bond acceptors (Lipinski definition) is 5. The molecule has 1 N–H and O–H groups in total. The number of carbonyl (C=O) groups is 1. The second-order valence-electron chi connectivity index (χ2n) is 4.82. The Hall–Kier alpha value is -0.416. The first-order valence-electron chi connectivity index (χ1n) is 5.89. The van der Waals surface area contributed by atoms with Gasteiger partial charge in [0.1, 0.15) is 0 Å². The van der Waals surface area contributed by atoms with Crippen LogP contribution in [0.5, 0.6) is 0 Å². The molecule has 0 aliphatic heterocycles. The maximum atomic E-state index is 11.0. The van der Waals surface area contributed by atoms with Gasteiger partial charge < -0.3 is 23.3 Å². The van der Waals surface area contributed by atoms with Crippen molar-refractivity contribution in [2.24, 2.45) is 0 Å². The second kappa shape index (κ2) is 8.65. The van der Waals surface area contributed by atoms with Gasteiger partial charge in [0.2, 0.25) is 0 Å². The number of nitrogens with one attached hydrogen (secondary N) is 1. The molecule has 0 saturated heterocycles. The standard InChI is InChI=1S/C10H25NO5Si2/c1-13-10(12)11-8-7-9(16-18(4,5)6)17(14-2)15-3/h9,17H,7-8H2,1-6H3,(H,11,12). The van der Waals surface area contributed by atoms with E-state index in [2.05, 4.69) is 29.7 Å². The highest BCUT2D eigenvalue weighted by atomic mass is 28.4. The maximum Gasteiger partial charge on any atom is 0.406 e. The van der Waals surface area contributed by atoms with Crippen LogP contribution in [-0.2, 0) is 18.0 Å². The molecular weight excluding hydrogens is 270 g/mol. The van der Waals surface area contributed by atoms with Gasteiger partial charge in [-0.2, -0.15) is 0 Å². The number of carbonyl (C=O) groups excluding carboxylic acids is 1. The fourth-order valence-corrected chi connectivity index (χ4v) is 5.43. The van der Waals surface area contributed by atoms with Gasteiger partial charge in [0.15, 0.2) is 8.32 Å². The first kappa shape index (κ1) is 17.6. The van der Waals surface area contributed by atoms with Crippen molar-refractivity contribution in [2.45, 2.75) is 31.8 Å². The summed E-state index contributed by atoms with van der Waals surface area (Å²) < 4.78 is 21.3. The zero-order chi connectivity index (χ0) is 14.2. The lowest BCUT2D eigenvalue weighted by Gasteiger charge is -2.29. The lowest BCUT2D eigenvalue weighted by atomic mass is 10.4. The summed E-state index contributed by atoms with van der Waals surface area (Å²) in [6.07, 6.45) is 0.229. The third kappa shape index (κ3) is 7.82. The molecule has 0 saturated carbocycles. The number of methoxy groups -OCH3 is 1. The molecule has 0 heterocycles. The van der Waals surface area contributed by atoms with Gasteiger partial charge in [-0.3, -0.25) is 0 Å². The van der Waals surface area contributed by atoms with Crippen LogP contribution in [0.4, 0.5) is 4.79 Å². The van der Waals surface area contributed by atoms with Crippen LogP contribution < -0.4 is 5.32 Å². The first-order valence-corrected chi connectivity index (χ1v) is 10.9. The summed E-state index contributed by atoms with van der Waals surface area (Å²) in [6, 6.07) is 0. The first-order chi connectivity index (χ1) is 8.34. The van der Waals surface area contributed by atoms with Crippen molar-refractivity contribution in [1.29, 1.82) is 0 Å². The zero-order valence-corrected chi connectivity index (χ0v) is 14.3. The average Bonchev–Trinajstić information content (AvgIpc) is 2.28. The highest BCUT2D eigenvalue weighted by Crippen LogP contribution is 2.13. The summed E-state index contributed by atoms with van der Waals surface area (Å²) >= 11 is 0. The van der Waals surface area contributed by atoms with Crippen molar-refractivity contribution in [3.63, 3.8) is 0 Å². The Bertz CT molecular complexity index is 243. The largest absolute Gasteiger partial charge is 0.453 e. The molecular formula is C10H25NO5Si2. The Balaban J connectivity index is 4.33. The van der Waals surface area contributed by atoms with Crippen LogP contribution in [0.1, 0.15) is 6.42 Å². The monoisotopic (exact) mass is 295 g/mol. The zero-order valence-electron chi connectivity index (χ0n) is 12.1. The third-order valence-corrected chi connectivity index (χ3v) is 5.44. The van der Waals surface area contributed by atoms with Gasteiger partial charge >= 0.3 is 15.4 Å². The van der Waals surface area contributed by atoms with E-state index in [0.29, 0.717) is 13.0 Å². The second-order valence-corrected chi connectivity index (χ2v) is 11.7. The quantitative estimate of drug-likeness (QED) is 0.677. The van der Waals surface area contributed by atoms with Crippen LogP contribution in [0.3, 0.4) is 0 Å². The van der Waals surface area contributed by atoms with Gasteiger partial charge in [-0.1, -0.05) is 0 Å². The van der Waals surface area contributed by atoms with Gasteiger partial charge in [0.25, 0.3) is 0 Å². The van der Waals surface area contributed by atoms with E-state index in [-0.39, 0.29) is 5.73 Å². The number of hydrogen-bond donors (Lipinski definition) is 1. The van der Waals surface area contributed by atoms with E-state index < -0.39 is 23.7 Å². The summed E-state index contributed by atoms with van der Waals surface area (Å²) in [5.74, 6) is 0. The van der Waals surface area contributed by atoms with Gasteiger partial charge in [0.05, 0.1) is 12.8 Å². The molecule has 18 heavy (non-hydrogen) atoms. The molecule has 0 aromatic carbocycles. The molecule has 0 bridgehead atoms. The summed E-state index contributed by atoms with van der Waals surface area (Å²) in [5, 5.41) is 2.64. The normalized spacial score (nSPS) is 13.5. The van der Waals surface area contributed by atoms with Crippen molar-refractivity contribution < 1.29 is 22.8 Å². The molecule has 8 heteroatoms. The van der Waals surface area contributed by atoms with Crippen molar-refractivity contribution in [3.05, 3.63) is 0 Å². The van der Waals surface area contributed by atoms with E-state index in [1.54, 1.807) is 14.2 Å². The molecule has 0 aliphatic rings. The van der Waals surface area contributed by atoms with Gasteiger partial charge in [-0.05, 0) is 26.1 Å². The van der Waals surface area contributed by atoms with E-state index in [9.17, 15) is 4.79 Å². The van der Waals surface area contributed by atoms with Crippen LogP contribution in [0.15, 0.2) is 0 Å². The molecule has 6 nitrogen and oxygen atoms in total. The van der Waals surface area contributed by atoms with Crippen LogP contribution in [-0.4, -0.2) is 57.3 Å². The van der Waals surface area contributed by atoms with Crippen molar-refractivity contribution >= 4 is 23.7 Å². The summed E-state index contributed by atoms with van der Waals surface area (Å²) in [7, 11) is 1.08. The van der Waals surface area contributed by atoms with Crippen LogP contribution in [0, 0.1) is 0 Å². The van der Waals surface area contributed by atoms with Crippen LogP contribution >= 0.6 is 0 Å². The molecule has 0 fully saturated rings. The fourth-order valence-electron chi connectivity index (χ4n) is 1.49.